The number of carbonyl (C=O) groups is 1. The van der Waals surface area contributed by atoms with E-state index in [0.717, 1.165) is 16.1 Å². The number of rotatable bonds is 6. The van der Waals surface area contributed by atoms with Crippen LogP contribution in [0.4, 0.5) is 10.1 Å². The predicted octanol–water partition coefficient (Wildman–Crippen LogP) is 3.62. The van der Waals surface area contributed by atoms with E-state index in [-0.39, 0.29) is 18.3 Å². The number of anilines is 1. The van der Waals surface area contributed by atoms with E-state index in [0.29, 0.717) is 6.54 Å². The first-order chi connectivity index (χ1) is 10.6. The normalized spacial score (nSPS) is 10.7. The maximum absolute atomic E-state index is 12.9. The third-order valence-electron chi connectivity index (χ3n) is 3.16. The molecular weight excluding hydrogens is 299 g/mol. The van der Waals surface area contributed by atoms with Crippen molar-refractivity contribution in [1.82, 2.24) is 4.90 Å². The van der Waals surface area contributed by atoms with Gasteiger partial charge < -0.3 is 5.32 Å². The zero-order chi connectivity index (χ0) is 15.9. The van der Waals surface area contributed by atoms with Crippen LogP contribution in [0.25, 0.3) is 0 Å². The molecule has 2 rings (SSSR count). The zero-order valence-corrected chi connectivity index (χ0v) is 13.5. The van der Waals surface area contributed by atoms with Crippen LogP contribution in [0, 0.1) is 5.82 Å². The van der Waals surface area contributed by atoms with E-state index >= 15 is 0 Å². The number of amides is 1. The molecule has 1 amide bonds. The van der Waals surface area contributed by atoms with Gasteiger partial charge in [0, 0.05) is 11.4 Å². The Hall–Kier alpha value is -1.85. The number of para-hydroxylation sites is 1. The second kappa shape index (κ2) is 7.96. The summed E-state index contributed by atoms with van der Waals surface area (Å²) in [4.78, 5) is 15.0. The Morgan fingerprint density at radius 2 is 1.86 bits per heavy atom. The van der Waals surface area contributed by atoms with Gasteiger partial charge in [-0.2, -0.15) is 0 Å². The molecule has 5 heteroatoms. The first kappa shape index (κ1) is 16.5. The third-order valence-corrected chi connectivity index (χ3v) is 3.96. The Balaban J connectivity index is 1.89. The molecule has 0 saturated carbocycles. The van der Waals surface area contributed by atoms with Crippen molar-refractivity contribution < 1.29 is 9.18 Å². The highest BCUT2D eigenvalue weighted by atomic mass is 32.2. The molecule has 0 saturated heterocycles. The smallest absolute Gasteiger partial charge is 0.238 e. The minimum atomic E-state index is -0.252. The van der Waals surface area contributed by atoms with Crippen molar-refractivity contribution in [3.05, 3.63) is 59.9 Å². The summed E-state index contributed by atoms with van der Waals surface area (Å²) in [6, 6.07) is 14.0. The number of hydrogen-bond acceptors (Lipinski definition) is 3. The molecule has 2 aromatic rings. The molecule has 0 unspecified atom stereocenters. The second-order valence-electron chi connectivity index (χ2n) is 5.05. The molecule has 116 valence electrons. The minimum absolute atomic E-state index is 0.0638. The van der Waals surface area contributed by atoms with E-state index in [1.165, 1.54) is 12.1 Å². The molecule has 0 aliphatic rings. The Morgan fingerprint density at radius 3 is 2.55 bits per heavy atom. The van der Waals surface area contributed by atoms with Crippen LogP contribution in [0.3, 0.4) is 0 Å². The lowest BCUT2D eigenvalue weighted by molar-refractivity contribution is -0.117. The predicted molar refractivity (Wildman–Crippen MR) is 89.6 cm³/mol. The Morgan fingerprint density at radius 1 is 1.18 bits per heavy atom. The Bertz CT molecular complexity index is 631. The number of likely N-dealkylation sites (N-methyl/N-ethyl adjacent to an activating group) is 1. The Labute approximate surface area is 134 Å². The Kier molecular flexibility index (Phi) is 5.98. The first-order valence-electron chi connectivity index (χ1n) is 6.94. The summed E-state index contributed by atoms with van der Waals surface area (Å²) in [6.45, 7) is 0.873. The monoisotopic (exact) mass is 318 g/mol. The highest BCUT2D eigenvalue weighted by Gasteiger charge is 2.09. The van der Waals surface area contributed by atoms with Gasteiger partial charge in [-0.15, -0.1) is 11.8 Å². The minimum Gasteiger partial charge on any atom is -0.324 e. The van der Waals surface area contributed by atoms with Gasteiger partial charge in [0.25, 0.3) is 0 Å². The van der Waals surface area contributed by atoms with Crippen LogP contribution in [0.15, 0.2) is 53.4 Å². The fourth-order valence-electron chi connectivity index (χ4n) is 2.14. The van der Waals surface area contributed by atoms with Crippen molar-refractivity contribution in [3.63, 3.8) is 0 Å². The number of nitrogens with one attached hydrogen (secondary N) is 1. The van der Waals surface area contributed by atoms with Crippen LogP contribution in [0.1, 0.15) is 5.56 Å². The van der Waals surface area contributed by atoms with Gasteiger partial charge in [0.05, 0.1) is 12.2 Å². The number of carbonyl (C=O) groups excluding carboxylic acids is 1. The summed E-state index contributed by atoms with van der Waals surface area (Å²) < 4.78 is 12.9. The molecule has 3 nitrogen and oxygen atoms in total. The molecule has 0 spiro atoms. The van der Waals surface area contributed by atoms with Gasteiger partial charge in [-0.3, -0.25) is 9.69 Å². The third kappa shape index (κ3) is 4.86. The van der Waals surface area contributed by atoms with E-state index < -0.39 is 0 Å². The van der Waals surface area contributed by atoms with E-state index in [2.05, 4.69) is 5.32 Å². The fourth-order valence-corrected chi connectivity index (χ4v) is 2.69. The highest BCUT2D eigenvalue weighted by Crippen LogP contribution is 2.24. The van der Waals surface area contributed by atoms with E-state index in [1.54, 1.807) is 23.9 Å². The second-order valence-corrected chi connectivity index (χ2v) is 5.90. The summed E-state index contributed by atoms with van der Waals surface area (Å²) in [5.74, 6) is -0.316. The molecule has 2 aromatic carbocycles. The molecule has 0 radical (unpaired) electrons. The molecule has 1 N–H and O–H groups in total. The molecule has 0 aliphatic carbocycles. The van der Waals surface area contributed by atoms with Crippen LogP contribution in [0.2, 0.25) is 0 Å². The van der Waals surface area contributed by atoms with Crippen LogP contribution >= 0.6 is 11.8 Å². The molecule has 22 heavy (non-hydrogen) atoms. The lowest BCUT2D eigenvalue weighted by atomic mass is 10.2. The summed E-state index contributed by atoms with van der Waals surface area (Å²) in [6.07, 6.45) is 1.98. The van der Waals surface area contributed by atoms with Gasteiger partial charge in [0.2, 0.25) is 5.91 Å². The zero-order valence-electron chi connectivity index (χ0n) is 12.7. The van der Waals surface area contributed by atoms with Gasteiger partial charge in [-0.1, -0.05) is 24.3 Å². The molecule has 0 heterocycles. The molecule has 0 bridgehead atoms. The van der Waals surface area contributed by atoms with Gasteiger partial charge in [-0.25, -0.2) is 4.39 Å². The number of halogens is 1. The van der Waals surface area contributed by atoms with Crippen molar-refractivity contribution in [2.75, 3.05) is 25.2 Å². The van der Waals surface area contributed by atoms with Crippen molar-refractivity contribution in [2.24, 2.45) is 0 Å². The average Bonchev–Trinajstić information content (AvgIpc) is 2.50. The maximum atomic E-state index is 12.9. The number of thioether (sulfide) groups is 1. The standard InChI is InChI=1S/C17H19FN2OS/c1-20(11-13-7-9-14(18)10-8-13)12-17(21)19-15-5-3-4-6-16(15)22-2/h3-10H,11-12H2,1-2H3,(H,19,21). The molecule has 0 atom stereocenters. The molecule has 0 aromatic heterocycles. The summed E-state index contributed by atoms with van der Waals surface area (Å²) in [5.41, 5.74) is 1.80. The van der Waals surface area contributed by atoms with Crippen LogP contribution in [-0.2, 0) is 11.3 Å². The van der Waals surface area contributed by atoms with Crippen LogP contribution in [0.5, 0.6) is 0 Å². The average molecular weight is 318 g/mol. The molecular formula is C17H19FN2OS. The molecule has 0 aliphatic heterocycles. The summed E-state index contributed by atoms with van der Waals surface area (Å²) in [7, 11) is 1.86. The lowest BCUT2D eigenvalue weighted by Crippen LogP contribution is -2.30. The number of hydrogen-bond donors (Lipinski definition) is 1. The van der Waals surface area contributed by atoms with Crippen LogP contribution < -0.4 is 5.32 Å². The lowest BCUT2D eigenvalue weighted by Gasteiger charge is -2.17. The summed E-state index contributed by atoms with van der Waals surface area (Å²) in [5, 5.41) is 2.93. The van der Waals surface area contributed by atoms with Gasteiger partial charge in [0.15, 0.2) is 0 Å². The maximum Gasteiger partial charge on any atom is 0.238 e. The molecule has 0 fully saturated rings. The highest BCUT2D eigenvalue weighted by molar-refractivity contribution is 7.98. The van der Waals surface area contributed by atoms with Crippen molar-refractivity contribution in [3.8, 4) is 0 Å². The first-order valence-corrected chi connectivity index (χ1v) is 8.17. The van der Waals surface area contributed by atoms with E-state index in [4.69, 9.17) is 0 Å². The SMILES string of the molecule is CSc1ccccc1NC(=O)CN(C)Cc1ccc(F)cc1. The number of nitrogens with zero attached hydrogens (tertiary/aromatic N) is 1. The van der Waals surface area contributed by atoms with Gasteiger partial charge >= 0.3 is 0 Å². The van der Waals surface area contributed by atoms with Crippen molar-refractivity contribution in [1.29, 1.82) is 0 Å². The number of benzene rings is 2. The fraction of sp³-hybridized carbons (Fsp3) is 0.235. The van der Waals surface area contributed by atoms with Gasteiger partial charge in [-0.05, 0) is 43.1 Å². The van der Waals surface area contributed by atoms with E-state index in [9.17, 15) is 9.18 Å². The van der Waals surface area contributed by atoms with Gasteiger partial charge in [0.1, 0.15) is 5.82 Å². The topological polar surface area (TPSA) is 32.3 Å². The van der Waals surface area contributed by atoms with Crippen LogP contribution in [-0.4, -0.2) is 30.7 Å². The van der Waals surface area contributed by atoms with Crippen molar-refractivity contribution in [2.45, 2.75) is 11.4 Å². The van der Waals surface area contributed by atoms with Crippen molar-refractivity contribution >= 4 is 23.4 Å². The summed E-state index contributed by atoms with van der Waals surface area (Å²) >= 11 is 1.60. The quantitative estimate of drug-likeness (QED) is 0.826. The van der Waals surface area contributed by atoms with E-state index in [1.807, 2.05) is 42.5 Å². The largest absolute Gasteiger partial charge is 0.324 e.